The van der Waals surface area contributed by atoms with Gasteiger partial charge in [0, 0.05) is 47.1 Å². The van der Waals surface area contributed by atoms with Crippen LogP contribution in [0.1, 0.15) is 43.1 Å². The zero-order valence-electron chi connectivity index (χ0n) is 23.0. The number of aromatic amines is 1. The van der Waals surface area contributed by atoms with Gasteiger partial charge in [-0.3, -0.25) is 4.90 Å². The number of carbonyl (C=O) groups excluding carboxylic acids is 1. The highest BCUT2D eigenvalue weighted by atomic mass is 35.5. The van der Waals surface area contributed by atoms with E-state index in [0.717, 1.165) is 46.4 Å². The fourth-order valence-corrected chi connectivity index (χ4v) is 5.27. The summed E-state index contributed by atoms with van der Waals surface area (Å²) in [5.74, 6) is 0.606. The maximum Gasteiger partial charge on any atom is 0.416 e. The fourth-order valence-electron chi connectivity index (χ4n) is 5.10. The van der Waals surface area contributed by atoms with E-state index in [4.69, 9.17) is 21.1 Å². The van der Waals surface area contributed by atoms with Gasteiger partial charge in [0.15, 0.2) is 0 Å². The lowest BCUT2D eigenvalue weighted by Gasteiger charge is -2.35. The number of imidazole rings is 1. The van der Waals surface area contributed by atoms with Gasteiger partial charge in [0.25, 0.3) is 0 Å². The van der Waals surface area contributed by atoms with Crippen molar-refractivity contribution in [2.75, 3.05) is 13.2 Å². The Kier molecular flexibility index (Phi) is 8.89. The number of H-pyrrole nitrogens is 1. The first kappa shape index (κ1) is 28.2. The van der Waals surface area contributed by atoms with Crippen molar-refractivity contribution in [2.45, 2.75) is 39.3 Å². The molecule has 9 heteroatoms. The summed E-state index contributed by atoms with van der Waals surface area (Å²) in [6, 6.07) is 18.5. The molecule has 6 rings (SSSR count). The maximum atomic E-state index is 13.5. The third-order valence-electron chi connectivity index (χ3n) is 6.90. The Morgan fingerprint density at radius 3 is 2.71 bits per heavy atom. The number of hydrogen-bond acceptors (Lipinski definition) is 4. The summed E-state index contributed by atoms with van der Waals surface area (Å²) in [6.45, 7) is 5.79. The molecule has 3 heterocycles. The number of hydrogen-bond donors (Lipinski definition) is 1. The summed E-state index contributed by atoms with van der Waals surface area (Å²) in [5.41, 5.74) is 3.87. The minimum atomic E-state index is -0.513. The number of amides is 1. The SMILES string of the molecule is CC.O=C(Oc1ccc(F)cc1)N1CCc2c([nH]c3ccc(Cl)cc23)C1c1cccc(OCCCn2ccnc2)c1. The molecule has 5 aromatic rings. The zero-order valence-corrected chi connectivity index (χ0v) is 23.8. The topological polar surface area (TPSA) is 72.4 Å². The van der Waals surface area contributed by atoms with Gasteiger partial charge in [-0.1, -0.05) is 37.6 Å². The Morgan fingerprint density at radius 2 is 1.93 bits per heavy atom. The molecule has 212 valence electrons. The van der Waals surface area contributed by atoms with Crippen molar-refractivity contribution in [1.82, 2.24) is 19.4 Å². The molecule has 0 aliphatic carbocycles. The van der Waals surface area contributed by atoms with Gasteiger partial charge in [-0.2, -0.15) is 0 Å². The number of carbonyl (C=O) groups is 1. The Bertz CT molecular complexity index is 1600. The van der Waals surface area contributed by atoms with Crippen LogP contribution in [-0.4, -0.2) is 38.7 Å². The van der Waals surface area contributed by atoms with Crippen LogP contribution in [0.25, 0.3) is 10.9 Å². The van der Waals surface area contributed by atoms with Gasteiger partial charge in [0.1, 0.15) is 23.4 Å². The Balaban J connectivity index is 0.00000165. The predicted octanol–water partition coefficient (Wildman–Crippen LogP) is 7.80. The van der Waals surface area contributed by atoms with E-state index < -0.39 is 18.0 Å². The summed E-state index contributed by atoms with van der Waals surface area (Å²) < 4.78 is 27.1. The summed E-state index contributed by atoms with van der Waals surface area (Å²) >= 11 is 6.32. The third-order valence-corrected chi connectivity index (χ3v) is 7.14. The van der Waals surface area contributed by atoms with Gasteiger partial charge in [-0.05, 0) is 78.6 Å². The number of aromatic nitrogens is 3. The van der Waals surface area contributed by atoms with E-state index in [-0.39, 0.29) is 5.75 Å². The Labute approximate surface area is 243 Å². The Morgan fingerprint density at radius 1 is 1.10 bits per heavy atom. The molecule has 1 aliphatic heterocycles. The fraction of sp³-hybridized carbons (Fsp3) is 0.250. The van der Waals surface area contributed by atoms with Gasteiger partial charge >= 0.3 is 6.09 Å². The van der Waals surface area contributed by atoms with E-state index in [1.54, 1.807) is 17.4 Å². The van der Waals surface area contributed by atoms with Crippen LogP contribution in [0.2, 0.25) is 5.02 Å². The molecule has 7 nitrogen and oxygen atoms in total. The first-order valence-corrected chi connectivity index (χ1v) is 14.2. The van der Waals surface area contributed by atoms with Crippen molar-refractivity contribution in [2.24, 2.45) is 0 Å². The number of halogens is 2. The average Bonchev–Trinajstić information content (AvgIpc) is 3.65. The quantitative estimate of drug-likeness (QED) is 0.201. The van der Waals surface area contributed by atoms with Gasteiger partial charge in [0.2, 0.25) is 0 Å². The molecule has 0 bridgehead atoms. The molecule has 0 fully saturated rings. The second-order valence-electron chi connectivity index (χ2n) is 9.45. The van der Waals surface area contributed by atoms with E-state index in [2.05, 4.69) is 9.97 Å². The Hall–Kier alpha value is -4.30. The molecule has 0 spiro atoms. The number of fused-ring (bicyclic) bond motifs is 3. The molecule has 0 saturated heterocycles. The maximum absolute atomic E-state index is 13.5. The minimum absolute atomic E-state index is 0.282. The van der Waals surface area contributed by atoms with Crippen molar-refractivity contribution in [3.05, 3.63) is 113 Å². The van der Waals surface area contributed by atoms with Crippen molar-refractivity contribution in [3.8, 4) is 11.5 Å². The van der Waals surface area contributed by atoms with E-state index in [0.29, 0.717) is 24.6 Å². The van der Waals surface area contributed by atoms with Gasteiger partial charge in [0.05, 0.1) is 12.9 Å². The number of nitrogens with one attached hydrogen (secondary N) is 1. The van der Waals surface area contributed by atoms with Gasteiger partial charge in [-0.25, -0.2) is 14.2 Å². The highest BCUT2D eigenvalue weighted by molar-refractivity contribution is 6.31. The van der Waals surface area contributed by atoms with E-state index in [1.807, 2.05) is 67.1 Å². The molecule has 41 heavy (non-hydrogen) atoms. The van der Waals surface area contributed by atoms with Crippen LogP contribution < -0.4 is 9.47 Å². The molecular weight excluding hydrogens is 543 g/mol. The molecule has 1 amide bonds. The normalized spacial score (nSPS) is 14.2. The van der Waals surface area contributed by atoms with Gasteiger partial charge in [-0.15, -0.1) is 0 Å². The first-order chi connectivity index (χ1) is 20.0. The van der Waals surface area contributed by atoms with Crippen LogP contribution in [0.3, 0.4) is 0 Å². The van der Waals surface area contributed by atoms with Crippen LogP contribution in [0.4, 0.5) is 9.18 Å². The van der Waals surface area contributed by atoms with Crippen LogP contribution in [-0.2, 0) is 13.0 Å². The second-order valence-corrected chi connectivity index (χ2v) is 9.89. The number of benzene rings is 3. The molecule has 3 aromatic carbocycles. The number of nitrogens with zero attached hydrogens (tertiary/aromatic N) is 3. The average molecular weight is 575 g/mol. The zero-order chi connectivity index (χ0) is 28.8. The molecular formula is C32H32ClFN4O3. The molecule has 0 radical (unpaired) electrons. The van der Waals surface area contributed by atoms with E-state index >= 15 is 0 Å². The van der Waals surface area contributed by atoms with Crippen LogP contribution in [0, 0.1) is 5.82 Å². The number of rotatable bonds is 7. The second kappa shape index (κ2) is 12.9. The van der Waals surface area contributed by atoms with Crippen LogP contribution >= 0.6 is 11.6 Å². The summed E-state index contributed by atoms with van der Waals surface area (Å²) in [4.78, 5) is 22.7. The van der Waals surface area contributed by atoms with Crippen molar-refractivity contribution < 1.29 is 18.7 Å². The molecule has 0 saturated carbocycles. The van der Waals surface area contributed by atoms with Crippen LogP contribution in [0.15, 0.2) is 85.5 Å². The van der Waals surface area contributed by atoms with E-state index in [1.165, 1.54) is 24.3 Å². The molecule has 1 N–H and O–H groups in total. The van der Waals surface area contributed by atoms with Crippen molar-refractivity contribution in [3.63, 3.8) is 0 Å². The third kappa shape index (κ3) is 6.38. The van der Waals surface area contributed by atoms with Crippen molar-refractivity contribution >= 4 is 28.6 Å². The molecule has 1 unspecified atom stereocenters. The molecule has 2 aromatic heterocycles. The lowest BCUT2D eigenvalue weighted by Crippen LogP contribution is -2.42. The number of ether oxygens (including phenoxy) is 2. The predicted molar refractivity (Wildman–Crippen MR) is 158 cm³/mol. The minimum Gasteiger partial charge on any atom is -0.494 e. The smallest absolute Gasteiger partial charge is 0.416 e. The first-order valence-electron chi connectivity index (χ1n) is 13.8. The molecule has 1 atom stereocenters. The van der Waals surface area contributed by atoms with E-state index in [9.17, 15) is 9.18 Å². The number of aryl methyl sites for hydroxylation is 1. The highest BCUT2D eigenvalue weighted by Gasteiger charge is 2.36. The highest BCUT2D eigenvalue weighted by Crippen LogP contribution is 2.40. The summed E-state index contributed by atoms with van der Waals surface area (Å²) in [7, 11) is 0. The largest absolute Gasteiger partial charge is 0.494 e. The monoisotopic (exact) mass is 574 g/mol. The summed E-state index contributed by atoms with van der Waals surface area (Å²) in [6.07, 6.45) is 6.42. The van der Waals surface area contributed by atoms with Gasteiger partial charge < -0.3 is 19.0 Å². The molecule has 1 aliphatic rings. The van der Waals surface area contributed by atoms with Crippen molar-refractivity contribution in [1.29, 1.82) is 0 Å². The standard InChI is InChI=1S/C30H26ClFN4O3.C2H6/c31-21-5-10-27-26(18-21)25-11-14-36(30(37)39-23-8-6-22(32)7-9-23)29(28(25)34-27)20-3-1-4-24(17-20)38-16-2-13-35-15-12-33-19-35;1-2/h1,3-10,12,15,17-19,29,34H,2,11,13-14,16H2;1-2H3. The lowest BCUT2D eigenvalue weighted by atomic mass is 9.92. The summed E-state index contributed by atoms with van der Waals surface area (Å²) in [5, 5.41) is 1.70. The lowest BCUT2D eigenvalue weighted by molar-refractivity contribution is 0.135. The van der Waals surface area contributed by atoms with Crippen LogP contribution in [0.5, 0.6) is 11.5 Å².